The van der Waals surface area contributed by atoms with Crippen LogP contribution in [0.4, 0.5) is 0 Å². The van der Waals surface area contributed by atoms with Gasteiger partial charge in [0.25, 0.3) is 0 Å². The molecule has 2 rings (SSSR count). The van der Waals surface area contributed by atoms with Gasteiger partial charge in [-0.05, 0) is 32.9 Å². The van der Waals surface area contributed by atoms with E-state index >= 15 is 0 Å². The Labute approximate surface area is 124 Å². The van der Waals surface area contributed by atoms with E-state index in [1.165, 1.54) is 0 Å². The van der Waals surface area contributed by atoms with Crippen LogP contribution < -0.4 is 0 Å². The largest absolute Gasteiger partial charge is 0.460 e. The number of rotatable bonds is 6. The normalized spacial score (nSPS) is 10.6. The molecular weight excluding hydrogens is 268 g/mol. The molecule has 5 nitrogen and oxygen atoms in total. The zero-order chi connectivity index (χ0) is 15.2. The number of hydrogen-bond donors (Lipinski definition) is 0. The van der Waals surface area contributed by atoms with Crippen LogP contribution in [0.2, 0.25) is 0 Å². The van der Waals surface area contributed by atoms with Crippen molar-refractivity contribution >= 4 is 5.97 Å². The molecule has 0 fully saturated rings. The fourth-order valence-corrected chi connectivity index (χ4v) is 2.17. The number of esters is 1. The summed E-state index contributed by atoms with van der Waals surface area (Å²) in [4.78, 5) is 12.2. The minimum atomic E-state index is -0.355. The number of ether oxygens (including phenoxy) is 2. The van der Waals surface area contributed by atoms with Crippen molar-refractivity contribution in [1.82, 2.24) is 9.78 Å². The predicted molar refractivity (Wildman–Crippen MR) is 79.8 cm³/mol. The molecule has 0 aliphatic carbocycles. The third-order valence-electron chi connectivity index (χ3n) is 3.16. The molecule has 0 bridgehead atoms. The van der Waals surface area contributed by atoms with Crippen LogP contribution in [-0.2, 0) is 9.47 Å². The van der Waals surface area contributed by atoms with Crippen molar-refractivity contribution in [3.05, 3.63) is 47.3 Å². The summed E-state index contributed by atoms with van der Waals surface area (Å²) >= 11 is 0. The highest BCUT2D eigenvalue weighted by Crippen LogP contribution is 2.18. The summed E-state index contributed by atoms with van der Waals surface area (Å²) in [5, 5.41) is 4.43. The zero-order valence-electron chi connectivity index (χ0n) is 12.6. The molecule has 1 aromatic carbocycles. The number of aromatic nitrogens is 2. The molecule has 0 spiro atoms. The first-order valence-corrected chi connectivity index (χ1v) is 7.01. The average molecular weight is 288 g/mol. The zero-order valence-corrected chi connectivity index (χ0v) is 12.6. The van der Waals surface area contributed by atoms with Crippen molar-refractivity contribution in [3.63, 3.8) is 0 Å². The van der Waals surface area contributed by atoms with E-state index in [-0.39, 0.29) is 12.6 Å². The lowest BCUT2D eigenvalue weighted by atomic mass is 10.2. The molecule has 0 radical (unpaired) electrons. The summed E-state index contributed by atoms with van der Waals surface area (Å²) in [7, 11) is 0. The maximum atomic E-state index is 12.2. The van der Waals surface area contributed by atoms with Gasteiger partial charge >= 0.3 is 5.97 Å². The Hall–Kier alpha value is -2.14. The van der Waals surface area contributed by atoms with E-state index in [1.54, 1.807) is 4.68 Å². The summed E-state index contributed by atoms with van der Waals surface area (Å²) < 4.78 is 12.1. The highest BCUT2D eigenvalue weighted by molar-refractivity contribution is 5.92. The van der Waals surface area contributed by atoms with Crippen LogP contribution in [0.1, 0.15) is 28.7 Å². The molecule has 2 aromatic rings. The quantitative estimate of drug-likeness (QED) is 0.606. The maximum Gasteiger partial charge on any atom is 0.341 e. The standard InChI is InChI=1S/C16H20N2O3/c1-4-20-10-11-21-16(19)15-12(2)17-18(13(15)3)14-8-6-5-7-9-14/h5-9H,4,10-11H2,1-3H3. The fraction of sp³-hybridized carbons (Fsp3) is 0.375. The topological polar surface area (TPSA) is 53.4 Å². The second-order valence-corrected chi connectivity index (χ2v) is 4.63. The lowest BCUT2D eigenvalue weighted by Gasteiger charge is -2.06. The highest BCUT2D eigenvalue weighted by Gasteiger charge is 2.20. The highest BCUT2D eigenvalue weighted by atomic mass is 16.6. The SMILES string of the molecule is CCOCCOC(=O)c1c(C)nn(-c2ccccc2)c1C. The van der Waals surface area contributed by atoms with Gasteiger partial charge in [0.15, 0.2) is 0 Å². The summed E-state index contributed by atoms with van der Waals surface area (Å²) in [5.74, 6) is -0.355. The number of benzene rings is 1. The van der Waals surface area contributed by atoms with Crippen LogP contribution in [0.3, 0.4) is 0 Å². The summed E-state index contributed by atoms with van der Waals surface area (Å²) in [6.07, 6.45) is 0. The van der Waals surface area contributed by atoms with Gasteiger partial charge in [0.05, 0.1) is 23.7 Å². The molecule has 1 heterocycles. The lowest BCUT2D eigenvalue weighted by molar-refractivity contribution is 0.0334. The van der Waals surface area contributed by atoms with E-state index in [4.69, 9.17) is 9.47 Å². The maximum absolute atomic E-state index is 12.2. The van der Waals surface area contributed by atoms with Crippen LogP contribution >= 0.6 is 0 Å². The lowest BCUT2D eigenvalue weighted by Crippen LogP contribution is -2.12. The smallest absolute Gasteiger partial charge is 0.341 e. The molecule has 5 heteroatoms. The van der Waals surface area contributed by atoms with Gasteiger partial charge in [-0.1, -0.05) is 18.2 Å². The van der Waals surface area contributed by atoms with Crippen LogP contribution in [0.5, 0.6) is 0 Å². The number of nitrogens with zero attached hydrogens (tertiary/aromatic N) is 2. The molecule has 0 saturated carbocycles. The molecule has 0 unspecified atom stereocenters. The van der Waals surface area contributed by atoms with Gasteiger partial charge in [0.2, 0.25) is 0 Å². The minimum absolute atomic E-state index is 0.252. The predicted octanol–water partition coefficient (Wildman–Crippen LogP) is 2.68. The number of carbonyl (C=O) groups is 1. The Morgan fingerprint density at radius 2 is 1.90 bits per heavy atom. The number of hydrogen-bond acceptors (Lipinski definition) is 4. The fourth-order valence-electron chi connectivity index (χ4n) is 2.17. The van der Waals surface area contributed by atoms with Crippen molar-refractivity contribution in [1.29, 1.82) is 0 Å². The molecular formula is C16H20N2O3. The molecule has 1 aromatic heterocycles. The third kappa shape index (κ3) is 3.49. The summed E-state index contributed by atoms with van der Waals surface area (Å²) in [6, 6.07) is 9.71. The van der Waals surface area contributed by atoms with E-state index in [2.05, 4.69) is 5.10 Å². The molecule has 0 amide bonds. The van der Waals surface area contributed by atoms with Crippen LogP contribution in [0, 0.1) is 13.8 Å². The minimum Gasteiger partial charge on any atom is -0.460 e. The van der Waals surface area contributed by atoms with Crippen molar-refractivity contribution < 1.29 is 14.3 Å². The monoisotopic (exact) mass is 288 g/mol. The third-order valence-corrected chi connectivity index (χ3v) is 3.16. The van der Waals surface area contributed by atoms with Gasteiger partial charge < -0.3 is 9.47 Å². The molecule has 0 N–H and O–H groups in total. The van der Waals surface area contributed by atoms with Crippen LogP contribution in [-0.4, -0.2) is 35.6 Å². The Morgan fingerprint density at radius 1 is 1.19 bits per heavy atom. The van der Waals surface area contributed by atoms with E-state index in [0.29, 0.717) is 24.5 Å². The number of carbonyl (C=O) groups excluding carboxylic acids is 1. The van der Waals surface area contributed by atoms with E-state index in [1.807, 2.05) is 51.1 Å². The Balaban J connectivity index is 2.18. The van der Waals surface area contributed by atoms with Gasteiger partial charge in [-0.25, -0.2) is 9.48 Å². The van der Waals surface area contributed by atoms with Crippen LogP contribution in [0.15, 0.2) is 30.3 Å². The first kappa shape index (κ1) is 15.3. The Kier molecular flexibility index (Phi) is 5.11. The number of para-hydroxylation sites is 1. The van der Waals surface area contributed by atoms with Crippen molar-refractivity contribution in [2.45, 2.75) is 20.8 Å². The van der Waals surface area contributed by atoms with E-state index < -0.39 is 0 Å². The average Bonchev–Trinajstić information content (AvgIpc) is 2.79. The summed E-state index contributed by atoms with van der Waals surface area (Å²) in [5.41, 5.74) is 2.89. The van der Waals surface area contributed by atoms with E-state index in [0.717, 1.165) is 11.4 Å². The van der Waals surface area contributed by atoms with Gasteiger partial charge in [-0.15, -0.1) is 0 Å². The number of aryl methyl sites for hydroxylation is 1. The van der Waals surface area contributed by atoms with Crippen LogP contribution in [0.25, 0.3) is 5.69 Å². The molecule has 0 aliphatic rings. The first-order valence-electron chi connectivity index (χ1n) is 7.01. The van der Waals surface area contributed by atoms with Gasteiger partial charge in [0, 0.05) is 6.61 Å². The second kappa shape index (κ2) is 7.04. The van der Waals surface area contributed by atoms with Crippen molar-refractivity contribution in [2.75, 3.05) is 19.8 Å². The van der Waals surface area contributed by atoms with Gasteiger partial charge in [0.1, 0.15) is 12.2 Å². The Bertz CT molecular complexity index is 605. The van der Waals surface area contributed by atoms with E-state index in [9.17, 15) is 4.79 Å². The van der Waals surface area contributed by atoms with Gasteiger partial charge in [-0.3, -0.25) is 0 Å². The van der Waals surface area contributed by atoms with Crippen molar-refractivity contribution in [2.24, 2.45) is 0 Å². The molecule has 0 atom stereocenters. The van der Waals surface area contributed by atoms with Gasteiger partial charge in [-0.2, -0.15) is 5.10 Å². The molecule has 0 saturated heterocycles. The molecule has 112 valence electrons. The molecule has 0 aliphatic heterocycles. The Morgan fingerprint density at radius 3 is 2.57 bits per heavy atom. The first-order chi connectivity index (χ1) is 10.1. The summed E-state index contributed by atoms with van der Waals surface area (Å²) in [6.45, 7) is 6.86. The van der Waals surface area contributed by atoms with Crippen molar-refractivity contribution in [3.8, 4) is 5.69 Å². The molecule has 21 heavy (non-hydrogen) atoms. The second-order valence-electron chi connectivity index (χ2n) is 4.63.